The normalized spacial score (nSPS) is 35.3. The maximum Gasteiger partial charge on any atom is 0.335 e. The monoisotopic (exact) mass is 696 g/mol. The fourth-order valence-electron chi connectivity index (χ4n) is 6.27. The zero-order valence-corrected chi connectivity index (χ0v) is 30.6. The van der Waals surface area contributed by atoms with Gasteiger partial charge in [0.05, 0.1) is 42.5 Å². The van der Waals surface area contributed by atoms with Gasteiger partial charge in [-0.1, -0.05) is 101 Å². The minimum Gasteiger partial charge on any atom is -0.459 e. The van der Waals surface area contributed by atoms with Crippen LogP contribution in [-0.2, 0) is 28.5 Å². The SMILES string of the molecule is C=C(CCC(C)C)COC(=O)[C@H](O)C/C=C/C[C@@H]1O[C@@H]2/C=C\C/C=C/C(C)=C\[C@@H]3O[C@H](C/C=C/C=C/C(=O)O[C@H](C2)[C@@]1(C)CO)C[C@@H](O)[C@@H]3C. The first kappa shape index (κ1) is 41.3. The van der Waals surface area contributed by atoms with Crippen molar-refractivity contribution in [1.29, 1.82) is 0 Å². The third-order valence-corrected chi connectivity index (χ3v) is 9.79. The summed E-state index contributed by atoms with van der Waals surface area (Å²) in [6, 6.07) is 0. The van der Waals surface area contributed by atoms with Gasteiger partial charge in [-0.05, 0) is 50.5 Å². The molecule has 2 fully saturated rings. The van der Waals surface area contributed by atoms with Gasteiger partial charge in [-0.25, -0.2) is 9.59 Å². The van der Waals surface area contributed by atoms with E-state index in [1.165, 1.54) is 6.08 Å². The van der Waals surface area contributed by atoms with Crippen LogP contribution in [0.4, 0.5) is 0 Å². The number of allylic oxidation sites excluding steroid dienone is 6. The molecule has 0 unspecified atom stereocenters. The second kappa shape index (κ2) is 20.7. The number of hydrogen-bond donors (Lipinski definition) is 3. The minimum atomic E-state index is -1.31. The quantitative estimate of drug-likeness (QED) is 0.166. The van der Waals surface area contributed by atoms with Crippen LogP contribution < -0.4 is 0 Å². The first-order valence-electron chi connectivity index (χ1n) is 18.1. The average molecular weight is 697 g/mol. The van der Waals surface area contributed by atoms with Gasteiger partial charge in [0, 0.05) is 31.3 Å². The summed E-state index contributed by atoms with van der Waals surface area (Å²) in [6.45, 7) is 13.9. The van der Waals surface area contributed by atoms with E-state index < -0.39 is 41.8 Å². The highest BCUT2D eigenvalue weighted by molar-refractivity contribution is 5.82. The molecule has 0 radical (unpaired) electrons. The smallest absolute Gasteiger partial charge is 0.335 e. The van der Waals surface area contributed by atoms with Gasteiger partial charge in [0.2, 0.25) is 0 Å². The number of ether oxygens (including phenoxy) is 4. The Labute approximate surface area is 299 Å². The van der Waals surface area contributed by atoms with E-state index in [9.17, 15) is 24.9 Å². The van der Waals surface area contributed by atoms with Gasteiger partial charge >= 0.3 is 11.9 Å². The molecule has 9 nitrogen and oxygen atoms in total. The number of esters is 2. The van der Waals surface area contributed by atoms with Crippen molar-refractivity contribution in [2.45, 2.75) is 129 Å². The average Bonchev–Trinajstić information content (AvgIpc) is 3.07. The van der Waals surface area contributed by atoms with Crippen LogP contribution in [-0.4, -0.2) is 83.2 Å². The number of hydrogen-bond acceptors (Lipinski definition) is 9. The van der Waals surface area contributed by atoms with Crippen molar-refractivity contribution in [1.82, 2.24) is 0 Å². The molecule has 0 amide bonds. The molecule has 0 spiro atoms. The van der Waals surface area contributed by atoms with E-state index in [1.54, 1.807) is 18.2 Å². The van der Waals surface area contributed by atoms with Crippen molar-refractivity contribution in [2.24, 2.45) is 17.3 Å². The Kier molecular flexibility index (Phi) is 17.1. The molecule has 0 aromatic rings. The molecule has 0 aliphatic carbocycles. The summed E-state index contributed by atoms with van der Waals surface area (Å²) in [5.74, 6) is -0.720. The van der Waals surface area contributed by atoms with Crippen LogP contribution in [0.3, 0.4) is 0 Å². The summed E-state index contributed by atoms with van der Waals surface area (Å²) >= 11 is 0. The molecule has 0 aromatic heterocycles. The summed E-state index contributed by atoms with van der Waals surface area (Å²) in [7, 11) is 0. The lowest BCUT2D eigenvalue weighted by Gasteiger charge is -2.47. The van der Waals surface area contributed by atoms with Gasteiger partial charge in [-0.15, -0.1) is 0 Å². The first-order valence-corrected chi connectivity index (χ1v) is 18.1. The third kappa shape index (κ3) is 13.2. The highest BCUT2D eigenvalue weighted by Crippen LogP contribution is 2.41. The molecule has 3 heterocycles. The predicted molar refractivity (Wildman–Crippen MR) is 195 cm³/mol. The standard InChI is InChI=1S/C41H60O9/c1-28(2)21-22-30(4)26-47-40(46)34(43)18-13-14-19-37-41(6,27-42)38-25-33(49-37)17-10-7-9-15-29(3)23-36-31(5)35(44)24-32(48-36)16-11-8-12-20-39(45)50-38/h8-15,17,20,23,28,31-38,42-44H,4,7,16,18-19,21-22,24-27H2,1-3,5-6H3/b11-8+,14-13+,15-9+,17-10-,20-12+,29-23-/t31-,32+,33+,34+,35+,36-,37-,38+,41-/m0/s1. The summed E-state index contributed by atoms with van der Waals surface area (Å²) in [4.78, 5) is 25.3. The molecule has 3 rings (SSSR count). The fraction of sp³-hybridized carbons (Fsp3) is 0.610. The highest BCUT2D eigenvalue weighted by Gasteiger charge is 2.49. The Morgan fingerprint density at radius 2 is 1.92 bits per heavy atom. The maximum atomic E-state index is 13.0. The van der Waals surface area contributed by atoms with E-state index in [0.29, 0.717) is 38.0 Å². The molecule has 3 N–H and O–H groups in total. The molecule has 3 aliphatic rings. The summed E-state index contributed by atoms with van der Waals surface area (Å²) < 4.78 is 23.9. The number of rotatable bonds is 11. The second-order valence-corrected chi connectivity index (χ2v) is 14.6. The van der Waals surface area contributed by atoms with E-state index >= 15 is 0 Å². The lowest BCUT2D eigenvalue weighted by Crippen LogP contribution is -2.55. The number of carbonyl (C=O) groups excluding carboxylic acids is 2. The Balaban J connectivity index is 1.71. The van der Waals surface area contributed by atoms with Gasteiger partial charge in [-0.3, -0.25) is 0 Å². The minimum absolute atomic E-state index is 0.0218. The Hall–Kier alpha value is -3.08. The number of aliphatic hydroxyl groups is 3. The zero-order valence-electron chi connectivity index (χ0n) is 30.6. The largest absolute Gasteiger partial charge is 0.459 e. The van der Waals surface area contributed by atoms with E-state index in [2.05, 4.69) is 26.5 Å². The molecular weight excluding hydrogens is 636 g/mol. The lowest BCUT2D eigenvalue weighted by atomic mass is 9.73. The van der Waals surface area contributed by atoms with Gasteiger partial charge in [-0.2, -0.15) is 0 Å². The molecule has 4 bridgehead atoms. The Morgan fingerprint density at radius 3 is 2.66 bits per heavy atom. The fourth-order valence-corrected chi connectivity index (χ4v) is 6.27. The molecule has 278 valence electrons. The van der Waals surface area contributed by atoms with Crippen molar-refractivity contribution in [3.63, 3.8) is 0 Å². The van der Waals surface area contributed by atoms with Crippen molar-refractivity contribution in [3.05, 3.63) is 84.6 Å². The number of fused-ring (bicyclic) bond motifs is 4. The molecule has 0 aromatic carbocycles. The summed E-state index contributed by atoms with van der Waals surface area (Å²) in [5, 5.41) is 31.6. The van der Waals surface area contributed by atoms with Crippen LogP contribution in [0.1, 0.15) is 86.0 Å². The van der Waals surface area contributed by atoms with Crippen molar-refractivity contribution >= 4 is 11.9 Å². The van der Waals surface area contributed by atoms with Crippen molar-refractivity contribution in [3.8, 4) is 0 Å². The van der Waals surface area contributed by atoms with E-state index in [1.807, 2.05) is 57.2 Å². The predicted octanol–water partition coefficient (Wildman–Crippen LogP) is 6.41. The Morgan fingerprint density at radius 1 is 1.14 bits per heavy atom. The van der Waals surface area contributed by atoms with Crippen LogP contribution in [0.5, 0.6) is 0 Å². The summed E-state index contributed by atoms with van der Waals surface area (Å²) in [6.07, 6.45) is 21.0. The van der Waals surface area contributed by atoms with Crippen molar-refractivity contribution in [2.75, 3.05) is 13.2 Å². The Bertz CT molecular complexity index is 1290. The summed E-state index contributed by atoms with van der Waals surface area (Å²) in [5.41, 5.74) is 0.954. The van der Waals surface area contributed by atoms with Crippen LogP contribution in [0.25, 0.3) is 0 Å². The molecule has 9 heteroatoms. The molecule has 3 aliphatic heterocycles. The second-order valence-electron chi connectivity index (χ2n) is 14.6. The molecule has 50 heavy (non-hydrogen) atoms. The van der Waals surface area contributed by atoms with Gasteiger partial charge in [0.15, 0.2) is 6.10 Å². The highest BCUT2D eigenvalue weighted by atomic mass is 16.6. The molecule has 2 saturated heterocycles. The maximum absolute atomic E-state index is 13.0. The van der Waals surface area contributed by atoms with E-state index in [0.717, 1.165) is 24.0 Å². The van der Waals surface area contributed by atoms with E-state index in [4.69, 9.17) is 18.9 Å². The van der Waals surface area contributed by atoms with Crippen LogP contribution in [0.15, 0.2) is 84.6 Å². The van der Waals surface area contributed by atoms with Gasteiger partial charge in [0.1, 0.15) is 12.7 Å². The third-order valence-electron chi connectivity index (χ3n) is 9.79. The van der Waals surface area contributed by atoms with Crippen LogP contribution >= 0.6 is 0 Å². The number of carbonyl (C=O) groups is 2. The topological polar surface area (TPSA) is 132 Å². The van der Waals surface area contributed by atoms with E-state index in [-0.39, 0.29) is 43.9 Å². The first-order chi connectivity index (χ1) is 23.8. The molecule has 9 atom stereocenters. The van der Waals surface area contributed by atoms with Crippen LogP contribution in [0.2, 0.25) is 0 Å². The van der Waals surface area contributed by atoms with Gasteiger partial charge < -0.3 is 34.3 Å². The molecular formula is C41H60O9. The molecule has 0 saturated carbocycles. The van der Waals surface area contributed by atoms with Gasteiger partial charge in [0.25, 0.3) is 0 Å². The zero-order chi connectivity index (χ0) is 36.7. The van der Waals surface area contributed by atoms with Crippen LogP contribution in [0, 0.1) is 17.3 Å². The number of aliphatic hydroxyl groups excluding tert-OH is 3. The van der Waals surface area contributed by atoms with Crippen molar-refractivity contribution < 1.29 is 43.9 Å². The lowest BCUT2D eigenvalue weighted by molar-refractivity contribution is -0.198.